The standard InChI is InChI=1S/C12H17ClN4O/c1-12(18,8-17(2)3)7-16-11-10(13)9(6-14)4-5-15-11/h4-5,18H,7-8H2,1-3H3,(H,15,16). The van der Waals surface area contributed by atoms with Crippen molar-refractivity contribution < 1.29 is 5.11 Å². The number of halogens is 1. The highest BCUT2D eigenvalue weighted by molar-refractivity contribution is 6.34. The van der Waals surface area contributed by atoms with Gasteiger partial charge in [0.1, 0.15) is 16.9 Å². The molecule has 1 aromatic heterocycles. The van der Waals surface area contributed by atoms with Crippen molar-refractivity contribution in [3.05, 3.63) is 22.8 Å². The number of aliphatic hydroxyl groups is 1. The first-order valence-electron chi connectivity index (χ1n) is 5.51. The molecule has 1 atom stereocenters. The van der Waals surface area contributed by atoms with Gasteiger partial charge in [-0.2, -0.15) is 5.26 Å². The highest BCUT2D eigenvalue weighted by Gasteiger charge is 2.21. The molecule has 1 unspecified atom stereocenters. The number of aromatic nitrogens is 1. The lowest BCUT2D eigenvalue weighted by atomic mass is 10.1. The van der Waals surface area contributed by atoms with Crippen molar-refractivity contribution in [2.24, 2.45) is 0 Å². The Kier molecular flexibility index (Phi) is 4.91. The number of hydrogen-bond acceptors (Lipinski definition) is 5. The first-order chi connectivity index (χ1) is 8.35. The summed E-state index contributed by atoms with van der Waals surface area (Å²) in [6, 6.07) is 3.53. The highest BCUT2D eigenvalue weighted by Crippen LogP contribution is 2.23. The zero-order chi connectivity index (χ0) is 13.8. The second-order valence-electron chi connectivity index (χ2n) is 4.72. The third-order valence-electron chi connectivity index (χ3n) is 2.30. The van der Waals surface area contributed by atoms with Gasteiger partial charge in [0.25, 0.3) is 0 Å². The lowest BCUT2D eigenvalue weighted by molar-refractivity contribution is 0.0459. The number of nitriles is 1. The van der Waals surface area contributed by atoms with Gasteiger partial charge in [-0.1, -0.05) is 11.6 Å². The van der Waals surface area contributed by atoms with E-state index in [0.717, 1.165) is 0 Å². The second-order valence-corrected chi connectivity index (χ2v) is 5.10. The third-order valence-corrected chi connectivity index (χ3v) is 2.69. The van der Waals surface area contributed by atoms with Gasteiger partial charge in [-0.25, -0.2) is 4.98 Å². The van der Waals surface area contributed by atoms with Crippen LogP contribution in [0.5, 0.6) is 0 Å². The van der Waals surface area contributed by atoms with Gasteiger partial charge in [0.2, 0.25) is 0 Å². The van der Waals surface area contributed by atoms with Crippen LogP contribution >= 0.6 is 11.6 Å². The van der Waals surface area contributed by atoms with Crippen molar-refractivity contribution in [1.82, 2.24) is 9.88 Å². The fourth-order valence-corrected chi connectivity index (χ4v) is 1.89. The summed E-state index contributed by atoms with van der Waals surface area (Å²) in [6.07, 6.45) is 1.51. The fourth-order valence-electron chi connectivity index (χ4n) is 1.66. The molecule has 6 heteroatoms. The molecule has 0 saturated heterocycles. The molecule has 5 nitrogen and oxygen atoms in total. The summed E-state index contributed by atoms with van der Waals surface area (Å²) in [6.45, 7) is 2.53. The van der Waals surface area contributed by atoms with Crippen LogP contribution in [0.15, 0.2) is 12.3 Å². The molecule has 0 aliphatic heterocycles. The molecule has 0 aliphatic carbocycles. The molecule has 0 saturated carbocycles. The molecule has 2 N–H and O–H groups in total. The van der Waals surface area contributed by atoms with E-state index in [1.807, 2.05) is 25.1 Å². The average molecular weight is 269 g/mol. The molecule has 18 heavy (non-hydrogen) atoms. The van der Waals surface area contributed by atoms with E-state index in [0.29, 0.717) is 24.5 Å². The Balaban J connectivity index is 2.73. The molecule has 1 rings (SSSR count). The maximum Gasteiger partial charge on any atom is 0.146 e. The van der Waals surface area contributed by atoms with E-state index in [1.165, 1.54) is 6.20 Å². The van der Waals surface area contributed by atoms with Gasteiger partial charge in [-0.05, 0) is 27.1 Å². The largest absolute Gasteiger partial charge is 0.387 e. The molecule has 1 heterocycles. The maximum absolute atomic E-state index is 10.1. The van der Waals surface area contributed by atoms with E-state index in [9.17, 15) is 5.11 Å². The van der Waals surface area contributed by atoms with Crippen LogP contribution in [0.1, 0.15) is 12.5 Å². The van der Waals surface area contributed by atoms with Crippen LogP contribution < -0.4 is 5.32 Å². The summed E-state index contributed by atoms with van der Waals surface area (Å²) < 4.78 is 0. The van der Waals surface area contributed by atoms with Crippen molar-refractivity contribution in [2.75, 3.05) is 32.5 Å². The van der Waals surface area contributed by atoms with Crippen LogP contribution in [-0.2, 0) is 0 Å². The Morgan fingerprint density at radius 3 is 2.83 bits per heavy atom. The van der Waals surface area contributed by atoms with Crippen LogP contribution in [-0.4, -0.2) is 47.8 Å². The zero-order valence-electron chi connectivity index (χ0n) is 10.7. The smallest absolute Gasteiger partial charge is 0.146 e. The van der Waals surface area contributed by atoms with Crippen LogP contribution in [0.4, 0.5) is 5.82 Å². The van der Waals surface area contributed by atoms with E-state index in [1.54, 1.807) is 13.0 Å². The highest BCUT2D eigenvalue weighted by atomic mass is 35.5. The number of anilines is 1. The minimum absolute atomic E-state index is 0.278. The molecule has 0 fully saturated rings. The van der Waals surface area contributed by atoms with E-state index in [2.05, 4.69) is 10.3 Å². The predicted octanol–water partition coefficient (Wildman–Crippen LogP) is 1.33. The summed E-state index contributed by atoms with van der Waals surface area (Å²) in [5.74, 6) is 0.412. The number of rotatable bonds is 5. The second kappa shape index (κ2) is 6.01. The molecule has 0 aromatic carbocycles. The molecule has 1 aromatic rings. The first kappa shape index (κ1) is 14.7. The Bertz CT molecular complexity index is 454. The quantitative estimate of drug-likeness (QED) is 0.843. The summed E-state index contributed by atoms with van der Waals surface area (Å²) in [4.78, 5) is 5.94. The number of pyridine rings is 1. The number of hydrogen-bond donors (Lipinski definition) is 2. The van der Waals surface area contributed by atoms with Crippen LogP contribution in [0, 0.1) is 11.3 Å². The SMILES string of the molecule is CN(C)CC(C)(O)CNc1nccc(C#N)c1Cl. The topological polar surface area (TPSA) is 72.2 Å². The summed E-state index contributed by atoms with van der Waals surface area (Å²) in [5.41, 5.74) is -0.543. The summed E-state index contributed by atoms with van der Waals surface area (Å²) in [5, 5.41) is 22.2. The predicted molar refractivity (Wildman–Crippen MR) is 71.6 cm³/mol. The van der Waals surface area contributed by atoms with Crippen molar-refractivity contribution in [3.63, 3.8) is 0 Å². The minimum atomic E-state index is -0.906. The number of nitrogens with zero attached hydrogens (tertiary/aromatic N) is 3. The van der Waals surface area contributed by atoms with Crippen molar-refractivity contribution in [1.29, 1.82) is 5.26 Å². The van der Waals surface area contributed by atoms with Crippen molar-refractivity contribution in [2.45, 2.75) is 12.5 Å². The molecule has 98 valence electrons. The van der Waals surface area contributed by atoms with Gasteiger partial charge in [-0.3, -0.25) is 0 Å². The lowest BCUT2D eigenvalue weighted by Crippen LogP contribution is -2.43. The summed E-state index contributed by atoms with van der Waals surface area (Å²) >= 11 is 6.00. The van der Waals surface area contributed by atoms with E-state index >= 15 is 0 Å². The third kappa shape index (κ3) is 4.15. The summed E-state index contributed by atoms with van der Waals surface area (Å²) in [7, 11) is 3.77. The van der Waals surface area contributed by atoms with Gasteiger partial charge in [0.05, 0.1) is 11.2 Å². The van der Waals surface area contributed by atoms with E-state index in [4.69, 9.17) is 16.9 Å². The van der Waals surface area contributed by atoms with Gasteiger partial charge in [0.15, 0.2) is 0 Å². The van der Waals surface area contributed by atoms with Gasteiger partial charge < -0.3 is 15.3 Å². The van der Waals surface area contributed by atoms with E-state index in [-0.39, 0.29) is 5.02 Å². The normalized spacial score (nSPS) is 14.1. The zero-order valence-corrected chi connectivity index (χ0v) is 11.5. The Labute approximate surface area is 112 Å². The van der Waals surface area contributed by atoms with Crippen LogP contribution in [0.25, 0.3) is 0 Å². The van der Waals surface area contributed by atoms with Crippen molar-refractivity contribution in [3.8, 4) is 6.07 Å². The first-order valence-corrected chi connectivity index (χ1v) is 5.89. The average Bonchev–Trinajstić information content (AvgIpc) is 2.26. The molecule has 0 aliphatic rings. The van der Waals surface area contributed by atoms with E-state index < -0.39 is 5.60 Å². The van der Waals surface area contributed by atoms with Gasteiger partial charge in [-0.15, -0.1) is 0 Å². The van der Waals surface area contributed by atoms with Crippen molar-refractivity contribution >= 4 is 17.4 Å². The Morgan fingerprint density at radius 1 is 1.61 bits per heavy atom. The monoisotopic (exact) mass is 268 g/mol. The molecule has 0 bridgehead atoms. The number of likely N-dealkylation sites (N-methyl/N-ethyl adjacent to an activating group) is 1. The minimum Gasteiger partial charge on any atom is -0.387 e. The fraction of sp³-hybridized carbons (Fsp3) is 0.500. The number of nitrogens with one attached hydrogen (secondary N) is 1. The molecular weight excluding hydrogens is 252 g/mol. The van der Waals surface area contributed by atoms with Gasteiger partial charge >= 0.3 is 0 Å². The lowest BCUT2D eigenvalue weighted by Gasteiger charge is -2.27. The molecule has 0 radical (unpaired) electrons. The van der Waals surface area contributed by atoms with Crippen LogP contribution in [0.2, 0.25) is 5.02 Å². The molecular formula is C12H17ClN4O. The maximum atomic E-state index is 10.1. The Hall–Kier alpha value is -1.35. The van der Waals surface area contributed by atoms with Gasteiger partial charge in [0, 0.05) is 19.3 Å². The Morgan fingerprint density at radius 2 is 2.28 bits per heavy atom. The van der Waals surface area contributed by atoms with Crippen LogP contribution in [0.3, 0.4) is 0 Å². The molecule has 0 amide bonds. The molecule has 0 spiro atoms.